The van der Waals surface area contributed by atoms with E-state index in [9.17, 15) is 0 Å². The molecule has 0 aromatic heterocycles. The molecule has 3 unspecified atom stereocenters. The first kappa shape index (κ1) is 12.3. The Balaban J connectivity index is 1.63. The number of ether oxygens (including phenoxy) is 1. The molecular formula is C13H26N2O. The molecule has 1 saturated carbocycles. The van der Waals surface area contributed by atoms with Crippen LogP contribution in [0.1, 0.15) is 45.4 Å². The summed E-state index contributed by atoms with van der Waals surface area (Å²) < 4.78 is 5.76. The Morgan fingerprint density at radius 1 is 1.38 bits per heavy atom. The Kier molecular flexibility index (Phi) is 4.22. The van der Waals surface area contributed by atoms with E-state index in [1.54, 1.807) is 0 Å². The van der Waals surface area contributed by atoms with Crippen LogP contribution in [0, 0.1) is 5.92 Å². The maximum absolute atomic E-state index is 5.99. The van der Waals surface area contributed by atoms with E-state index in [2.05, 4.69) is 12.2 Å². The summed E-state index contributed by atoms with van der Waals surface area (Å²) >= 11 is 0. The molecule has 0 amide bonds. The predicted molar refractivity (Wildman–Crippen MR) is 66.4 cm³/mol. The van der Waals surface area contributed by atoms with E-state index in [1.807, 2.05) is 0 Å². The molecule has 0 radical (unpaired) electrons. The minimum absolute atomic E-state index is 0.0940. The second kappa shape index (κ2) is 5.48. The lowest BCUT2D eigenvalue weighted by molar-refractivity contribution is 0.0199. The van der Waals surface area contributed by atoms with Gasteiger partial charge < -0.3 is 15.8 Å². The molecule has 2 aliphatic rings. The van der Waals surface area contributed by atoms with Crippen LogP contribution in [0.15, 0.2) is 0 Å². The third-order valence-electron chi connectivity index (χ3n) is 4.06. The lowest BCUT2D eigenvalue weighted by Gasteiger charge is -2.29. The van der Waals surface area contributed by atoms with Crippen molar-refractivity contribution in [3.05, 3.63) is 0 Å². The molecule has 1 aliphatic heterocycles. The molecule has 0 bridgehead atoms. The van der Waals surface area contributed by atoms with E-state index < -0.39 is 0 Å². The van der Waals surface area contributed by atoms with Crippen molar-refractivity contribution < 1.29 is 4.74 Å². The molecule has 16 heavy (non-hydrogen) atoms. The predicted octanol–water partition coefficient (Wildman–Crippen LogP) is 1.66. The summed E-state index contributed by atoms with van der Waals surface area (Å²) in [5.74, 6) is 0.786. The van der Waals surface area contributed by atoms with Crippen molar-refractivity contribution in [2.75, 3.05) is 19.7 Å². The van der Waals surface area contributed by atoms with Crippen LogP contribution < -0.4 is 11.1 Å². The van der Waals surface area contributed by atoms with Gasteiger partial charge >= 0.3 is 0 Å². The fourth-order valence-electron chi connectivity index (χ4n) is 3.03. The molecule has 3 atom stereocenters. The highest BCUT2D eigenvalue weighted by Gasteiger charge is 2.29. The van der Waals surface area contributed by atoms with E-state index in [4.69, 9.17) is 10.5 Å². The van der Waals surface area contributed by atoms with Crippen LogP contribution >= 0.6 is 0 Å². The second-order valence-electron chi connectivity index (χ2n) is 5.83. The molecule has 3 heteroatoms. The van der Waals surface area contributed by atoms with Crippen LogP contribution in [0.5, 0.6) is 0 Å². The van der Waals surface area contributed by atoms with Crippen LogP contribution in [0.3, 0.4) is 0 Å². The van der Waals surface area contributed by atoms with Crippen molar-refractivity contribution in [2.24, 2.45) is 11.7 Å². The smallest absolute Gasteiger partial charge is 0.0779 e. The van der Waals surface area contributed by atoms with E-state index in [1.165, 1.54) is 38.5 Å². The molecule has 0 aromatic carbocycles. The van der Waals surface area contributed by atoms with Gasteiger partial charge in [0.25, 0.3) is 0 Å². The van der Waals surface area contributed by atoms with Crippen LogP contribution in [0.25, 0.3) is 0 Å². The number of hydrogen-bond donors (Lipinski definition) is 2. The fraction of sp³-hybridized carbons (Fsp3) is 1.00. The van der Waals surface area contributed by atoms with Gasteiger partial charge in [-0.2, -0.15) is 0 Å². The van der Waals surface area contributed by atoms with Crippen molar-refractivity contribution in [2.45, 2.75) is 57.1 Å². The zero-order valence-electron chi connectivity index (χ0n) is 10.5. The van der Waals surface area contributed by atoms with Crippen LogP contribution in [-0.2, 0) is 4.74 Å². The highest BCUT2D eigenvalue weighted by atomic mass is 16.5. The van der Waals surface area contributed by atoms with Gasteiger partial charge in [-0.25, -0.2) is 0 Å². The van der Waals surface area contributed by atoms with Gasteiger partial charge in [0.1, 0.15) is 0 Å². The lowest BCUT2D eigenvalue weighted by atomic mass is 9.86. The third kappa shape index (κ3) is 3.44. The van der Waals surface area contributed by atoms with Gasteiger partial charge in [0.15, 0.2) is 0 Å². The Morgan fingerprint density at radius 3 is 2.94 bits per heavy atom. The largest absolute Gasteiger partial charge is 0.374 e. The topological polar surface area (TPSA) is 47.3 Å². The molecule has 94 valence electrons. The van der Waals surface area contributed by atoms with Crippen molar-refractivity contribution in [3.8, 4) is 0 Å². The Labute approximate surface area is 99.1 Å². The highest BCUT2D eigenvalue weighted by molar-refractivity contribution is 4.83. The summed E-state index contributed by atoms with van der Waals surface area (Å²) in [6.07, 6.45) is 7.48. The number of nitrogens with two attached hydrogens (primary N) is 1. The Morgan fingerprint density at radius 2 is 2.25 bits per heavy atom. The highest BCUT2D eigenvalue weighted by Crippen LogP contribution is 2.25. The van der Waals surface area contributed by atoms with Crippen molar-refractivity contribution in [1.29, 1.82) is 0 Å². The first-order chi connectivity index (χ1) is 7.68. The van der Waals surface area contributed by atoms with Crippen molar-refractivity contribution >= 4 is 0 Å². The summed E-state index contributed by atoms with van der Waals surface area (Å²) in [6, 6.07) is 0.443. The molecular weight excluding hydrogens is 200 g/mol. The summed E-state index contributed by atoms with van der Waals surface area (Å²) in [6.45, 7) is 5.28. The number of nitrogens with one attached hydrogen (secondary N) is 1. The van der Waals surface area contributed by atoms with Crippen molar-refractivity contribution in [3.63, 3.8) is 0 Å². The number of hydrogen-bond acceptors (Lipinski definition) is 3. The van der Waals surface area contributed by atoms with Crippen LogP contribution in [0.2, 0.25) is 0 Å². The average molecular weight is 226 g/mol. The van der Waals surface area contributed by atoms with Crippen LogP contribution in [0.4, 0.5) is 0 Å². The third-order valence-corrected chi connectivity index (χ3v) is 4.06. The van der Waals surface area contributed by atoms with Gasteiger partial charge in [0, 0.05) is 19.2 Å². The Bertz CT molecular complexity index is 214. The number of rotatable bonds is 4. The quantitative estimate of drug-likeness (QED) is 0.766. The summed E-state index contributed by atoms with van der Waals surface area (Å²) in [5, 5.41) is 3.58. The van der Waals surface area contributed by atoms with Crippen molar-refractivity contribution in [1.82, 2.24) is 5.32 Å². The maximum Gasteiger partial charge on any atom is 0.0779 e. The lowest BCUT2D eigenvalue weighted by Crippen LogP contribution is -2.40. The molecule has 0 spiro atoms. The SMILES string of the molecule is CC1(CNCC2CCCC(N)C2)CCCO1. The van der Waals surface area contributed by atoms with E-state index in [0.717, 1.165) is 25.6 Å². The molecule has 2 rings (SSSR count). The standard InChI is InChI=1S/C13H26N2O/c1-13(6-3-7-16-13)10-15-9-11-4-2-5-12(14)8-11/h11-12,15H,2-10,14H2,1H3. The normalized spacial score (nSPS) is 40.1. The molecule has 2 fully saturated rings. The van der Waals surface area contributed by atoms with Gasteiger partial charge in [-0.3, -0.25) is 0 Å². The Hall–Kier alpha value is -0.120. The molecule has 1 saturated heterocycles. The molecule has 3 nitrogen and oxygen atoms in total. The van der Waals surface area contributed by atoms with E-state index >= 15 is 0 Å². The second-order valence-corrected chi connectivity index (χ2v) is 5.83. The maximum atomic E-state index is 5.99. The molecule has 1 aliphatic carbocycles. The zero-order valence-corrected chi connectivity index (χ0v) is 10.5. The van der Waals surface area contributed by atoms with E-state index in [0.29, 0.717) is 6.04 Å². The first-order valence-corrected chi connectivity index (χ1v) is 6.78. The molecule has 3 N–H and O–H groups in total. The monoisotopic (exact) mass is 226 g/mol. The first-order valence-electron chi connectivity index (χ1n) is 6.78. The summed E-state index contributed by atoms with van der Waals surface area (Å²) in [4.78, 5) is 0. The van der Waals surface area contributed by atoms with E-state index in [-0.39, 0.29) is 5.60 Å². The minimum Gasteiger partial charge on any atom is -0.374 e. The van der Waals surface area contributed by atoms with Gasteiger partial charge in [-0.1, -0.05) is 6.42 Å². The molecule has 0 aromatic rings. The summed E-state index contributed by atoms with van der Waals surface area (Å²) in [5.41, 5.74) is 6.09. The average Bonchev–Trinajstić information content (AvgIpc) is 2.65. The van der Waals surface area contributed by atoms with Gasteiger partial charge in [0.2, 0.25) is 0 Å². The minimum atomic E-state index is 0.0940. The van der Waals surface area contributed by atoms with Crippen LogP contribution in [-0.4, -0.2) is 31.3 Å². The van der Waals surface area contributed by atoms with Gasteiger partial charge in [-0.15, -0.1) is 0 Å². The summed E-state index contributed by atoms with van der Waals surface area (Å²) in [7, 11) is 0. The zero-order chi connectivity index (χ0) is 11.4. The van der Waals surface area contributed by atoms with Gasteiger partial charge in [-0.05, 0) is 51.5 Å². The van der Waals surface area contributed by atoms with Gasteiger partial charge in [0.05, 0.1) is 5.60 Å². The molecule has 1 heterocycles. The fourth-order valence-corrected chi connectivity index (χ4v) is 3.03.